The average molecular weight is 331 g/mol. The maximum atomic E-state index is 12.4. The van der Waals surface area contributed by atoms with Crippen LogP contribution >= 0.6 is 0 Å². The maximum Gasteiger partial charge on any atom is 0.261 e. The van der Waals surface area contributed by atoms with E-state index >= 15 is 0 Å². The van der Waals surface area contributed by atoms with E-state index in [4.69, 9.17) is 0 Å². The number of aryl methyl sites for hydroxylation is 1. The van der Waals surface area contributed by atoms with Crippen molar-refractivity contribution in [3.8, 4) is 0 Å². The van der Waals surface area contributed by atoms with Crippen molar-refractivity contribution in [3.05, 3.63) is 59.2 Å². The van der Waals surface area contributed by atoms with Crippen LogP contribution in [0.3, 0.4) is 0 Å². The minimum absolute atomic E-state index is 0.0510. The predicted molar refractivity (Wildman–Crippen MR) is 88.4 cm³/mol. The molecule has 0 saturated heterocycles. The van der Waals surface area contributed by atoms with Crippen molar-refractivity contribution >= 4 is 27.3 Å². The molecule has 0 radical (unpaired) electrons. The number of anilines is 1. The standard InChI is InChI=1S/C17H17NO4S/c1-11-4-5-15(13(3)20)10-17(11)18-23(21,22)16-8-6-14(7-9-16)12(2)19/h4-10,18H,1-3H3. The van der Waals surface area contributed by atoms with E-state index in [1.807, 2.05) is 0 Å². The molecule has 6 heteroatoms. The molecule has 0 unspecified atom stereocenters. The predicted octanol–water partition coefficient (Wildman–Crippen LogP) is 3.20. The summed E-state index contributed by atoms with van der Waals surface area (Å²) >= 11 is 0. The van der Waals surface area contributed by atoms with Gasteiger partial charge in [-0.2, -0.15) is 0 Å². The quantitative estimate of drug-likeness (QED) is 0.853. The molecule has 0 aliphatic rings. The number of carbonyl (C=O) groups is 2. The minimum Gasteiger partial charge on any atom is -0.295 e. The Labute approximate surface area is 135 Å². The van der Waals surface area contributed by atoms with Gasteiger partial charge < -0.3 is 0 Å². The van der Waals surface area contributed by atoms with Crippen molar-refractivity contribution in [1.29, 1.82) is 0 Å². The van der Waals surface area contributed by atoms with Gasteiger partial charge in [-0.05, 0) is 44.5 Å². The van der Waals surface area contributed by atoms with E-state index in [0.717, 1.165) is 0 Å². The van der Waals surface area contributed by atoms with E-state index in [-0.39, 0.29) is 16.5 Å². The number of sulfonamides is 1. The molecule has 0 aromatic heterocycles. The fraction of sp³-hybridized carbons (Fsp3) is 0.176. The molecule has 0 amide bonds. The van der Waals surface area contributed by atoms with E-state index in [0.29, 0.717) is 22.4 Å². The molecule has 0 fully saturated rings. The Bertz CT molecular complexity index is 868. The normalized spacial score (nSPS) is 11.1. The third-order valence-corrected chi connectivity index (χ3v) is 4.84. The molecule has 0 aliphatic carbocycles. The second-order valence-electron chi connectivity index (χ2n) is 5.27. The van der Waals surface area contributed by atoms with Crippen molar-refractivity contribution in [1.82, 2.24) is 0 Å². The largest absolute Gasteiger partial charge is 0.295 e. The lowest BCUT2D eigenvalue weighted by Crippen LogP contribution is -2.14. The highest BCUT2D eigenvalue weighted by Crippen LogP contribution is 2.22. The number of benzene rings is 2. The first kappa shape index (κ1) is 16.9. The molecule has 0 spiro atoms. The zero-order valence-electron chi connectivity index (χ0n) is 13.1. The SMILES string of the molecule is CC(=O)c1ccc(S(=O)(=O)Nc2cc(C(C)=O)ccc2C)cc1. The molecule has 2 aromatic rings. The Hall–Kier alpha value is -2.47. The van der Waals surface area contributed by atoms with Gasteiger partial charge in [-0.25, -0.2) is 8.42 Å². The maximum absolute atomic E-state index is 12.4. The second-order valence-corrected chi connectivity index (χ2v) is 6.95. The molecule has 120 valence electrons. The molecule has 0 atom stereocenters. The van der Waals surface area contributed by atoms with Gasteiger partial charge in [-0.3, -0.25) is 14.3 Å². The van der Waals surface area contributed by atoms with Gasteiger partial charge in [-0.15, -0.1) is 0 Å². The summed E-state index contributed by atoms with van der Waals surface area (Å²) in [6.45, 7) is 4.59. The van der Waals surface area contributed by atoms with Crippen molar-refractivity contribution in [2.45, 2.75) is 25.7 Å². The van der Waals surface area contributed by atoms with E-state index in [9.17, 15) is 18.0 Å². The summed E-state index contributed by atoms with van der Waals surface area (Å²) in [5.41, 5.74) is 1.94. The van der Waals surface area contributed by atoms with Crippen LogP contribution in [-0.4, -0.2) is 20.0 Å². The summed E-state index contributed by atoms with van der Waals surface area (Å²) in [4.78, 5) is 22.7. The Morgan fingerprint density at radius 2 is 1.39 bits per heavy atom. The summed E-state index contributed by atoms with van der Waals surface area (Å²) < 4.78 is 27.4. The topological polar surface area (TPSA) is 80.3 Å². The van der Waals surface area contributed by atoms with Crippen LogP contribution in [0.4, 0.5) is 5.69 Å². The highest BCUT2D eigenvalue weighted by atomic mass is 32.2. The lowest BCUT2D eigenvalue weighted by Gasteiger charge is -2.12. The monoisotopic (exact) mass is 331 g/mol. The number of hydrogen-bond acceptors (Lipinski definition) is 4. The summed E-state index contributed by atoms with van der Waals surface area (Å²) in [5.74, 6) is -0.275. The van der Waals surface area contributed by atoms with Crippen molar-refractivity contribution in [3.63, 3.8) is 0 Å². The van der Waals surface area contributed by atoms with Gasteiger partial charge in [-0.1, -0.05) is 24.3 Å². The molecule has 0 aliphatic heterocycles. The number of hydrogen-bond donors (Lipinski definition) is 1. The first-order valence-corrected chi connectivity index (χ1v) is 8.44. The summed E-state index contributed by atoms with van der Waals surface area (Å²) in [5, 5.41) is 0. The Balaban J connectivity index is 2.36. The van der Waals surface area contributed by atoms with Crippen molar-refractivity contribution in [2.24, 2.45) is 0 Å². The molecule has 2 aromatic carbocycles. The number of carbonyl (C=O) groups excluding carboxylic acids is 2. The molecule has 1 N–H and O–H groups in total. The molecule has 0 bridgehead atoms. The summed E-state index contributed by atoms with van der Waals surface area (Å²) in [7, 11) is -3.79. The third kappa shape index (κ3) is 3.84. The molecule has 0 saturated carbocycles. The highest BCUT2D eigenvalue weighted by molar-refractivity contribution is 7.92. The third-order valence-electron chi connectivity index (χ3n) is 3.46. The van der Waals surface area contributed by atoms with Gasteiger partial charge in [0.1, 0.15) is 0 Å². The van der Waals surface area contributed by atoms with Crippen LogP contribution in [0, 0.1) is 6.92 Å². The first-order chi connectivity index (χ1) is 10.7. The molecule has 2 rings (SSSR count). The Morgan fingerprint density at radius 1 is 0.870 bits per heavy atom. The number of ketones is 2. The molecular weight excluding hydrogens is 314 g/mol. The van der Waals surface area contributed by atoms with Crippen LogP contribution in [0.25, 0.3) is 0 Å². The highest BCUT2D eigenvalue weighted by Gasteiger charge is 2.16. The smallest absolute Gasteiger partial charge is 0.261 e. The summed E-state index contributed by atoms with van der Waals surface area (Å²) in [6, 6.07) is 10.5. The van der Waals surface area contributed by atoms with Crippen LogP contribution in [-0.2, 0) is 10.0 Å². The Morgan fingerprint density at radius 3 is 1.91 bits per heavy atom. The van der Waals surface area contributed by atoms with E-state index < -0.39 is 10.0 Å². The van der Waals surface area contributed by atoms with E-state index in [2.05, 4.69) is 4.72 Å². The van der Waals surface area contributed by atoms with Gasteiger partial charge in [0, 0.05) is 11.1 Å². The van der Waals surface area contributed by atoms with Crippen molar-refractivity contribution in [2.75, 3.05) is 4.72 Å². The zero-order valence-corrected chi connectivity index (χ0v) is 13.9. The fourth-order valence-electron chi connectivity index (χ4n) is 2.02. The number of Topliss-reactive ketones (excluding diaryl/α,β-unsaturated/α-hetero) is 2. The minimum atomic E-state index is -3.79. The number of rotatable bonds is 5. The zero-order chi connectivity index (χ0) is 17.2. The lowest BCUT2D eigenvalue weighted by molar-refractivity contribution is 0.100. The van der Waals surface area contributed by atoms with Crippen LogP contribution in [0.2, 0.25) is 0 Å². The molecule has 0 heterocycles. The second kappa shape index (κ2) is 6.34. The van der Waals surface area contributed by atoms with Gasteiger partial charge in [0.2, 0.25) is 0 Å². The van der Waals surface area contributed by atoms with Crippen LogP contribution < -0.4 is 4.72 Å². The van der Waals surface area contributed by atoms with Crippen LogP contribution in [0.15, 0.2) is 47.4 Å². The molecule has 23 heavy (non-hydrogen) atoms. The summed E-state index contributed by atoms with van der Waals surface area (Å²) in [6.07, 6.45) is 0. The molecule has 5 nitrogen and oxygen atoms in total. The van der Waals surface area contributed by atoms with E-state index in [1.165, 1.54) is 44.2 Å². The Kier molecular flexibility index (Phi) is 4.65. The van der Waals surface area contributed by atoms with Gasteiger partial charge in [0.05, 0.1) is 10.6 Å². The first-order valence-electron chi connectivity index (χ1n) is 6.96. The molecular formula is C17H17NO4S. The van der Waals surface area contributed by atoms with Gasteiger partial charge in [0.25, 0.3) is 10.0 Å². The van der Waals surface area contributed by atoms with Crippen molar-refractivity contribution < 1.29 is 18.0 Å². The van der Waals surface area contributed by atoms with Gasteiger partial charge >= 0.3 is 0 Å². The number of nitrogens with one attached hydrogen (secondary N) is 1. The lowest BCUT2D eigenvalue weighted by atomic mass is 10.1. The fourth-order valence-corrected chi connectivity index (χ4v) is 3.15. The van der Waals surface area contributed by atoms with Gasteiger partial charge in [0.15, 0.2) is 11.6 Å². The van der Waals surface area contributed by atoms with Crippen LogP contribution in [0.5, 0.6) is 0 Å². The van der Waals surface area contributed by atoms with E-state index in [1.54, 1.807) is 19.1 Å². The average Bonchev–Trinajstić information content (AvgIpc) is 2.49. The van der Waals surface area contributed by atoms with Crippen LogP contribution in [0.1, 0.15) is 40.1 Å².